The molecule has 0 unspecified atom stereocenters. The highest BCUT2D eigenvalue weighted by molar-refractivity contribution is 7.92. The Morgan fingerprint density at radius 3 is 2.32 bits per heavy atom. The standard InChI is InChI=1S/C21H28N2O4S/c1-13(2)17-9-7-8-15(5)20(17)23-28(25,26)16-10-11-19(27-6)18(12-16)21(24)22-14(3)4/h7-14,23H,1-6H3,(H,22,24). The number of methoxy groups -OCH3 is 1. The van der Waals surface area contributed by atoms with E-state index in [0.717, 1.165) is 11.1 Å². The number of aryl methyl sites for hydroxylation is 1. The van der Waals surface area contributed by atoms with E-state index in [4.69, 9.17) is 4.74 Å². The molecule has 152 valence electrons. The number of sulfonamides is 1. The summed E-state index contributed by atoms with van der Waals surface area (Å²) < 4.78 is 34.0. The molecule has 0 fully saturated rings. The lowest BCUT2D eigenvalue weighted by Gasteiger charge is -2.18. The van der Waals surface area contributed by atoms with Crippen molar-refractivity contribution in [2.45, 2.75) is 51.5 Å². The maximum Gasteiger partial charge on any atom is 0.261 e. The van der Waals surface area contributed by atoms with E-state index in [1.54, 1.807) is 0 Å². The monoisotopic (exact) mass is 404 g/mol. The second-order valence-corrected chi connectivity index (χ2v) is 8.97. The number of benzene rings is 2. The van der Waals surface area contributed by atoms with E-state index >= 15 is 0 Å². The predicted molar refractivity (Wildman–Crippen MR) is 112 cm³/mol. The molecule has 2 N–H and O–H groups in total. The van der Waals surface area contributed by atoms with Crippen LogP contribution in [0.25, 0.3) is 0 Å². The first-order valence-corrected chi connectivity index (χ1v) is 10.7. The number of hydrogen-bond acceptors (Lipinski definition) is 4. The summed E-state index contributed by atoms with van der Waals surface area (Å²) in [5, 5.41) is 2.76. The zero-order valence-electron chi connectivity index (χ0n) is 17.2. The average molecular weight is 405 g/mol. The number of anilines is 1. The minimum atomic E-state index is -3.89. The molecule has 28 heavy (non-hydrogen) atoms. The van der Waals surface area contributed by atoms with Crippen molar-refractivity contribution in [3.05, 3.63) is 53.1 Å². The van der Waals surface area contributed by atoms with Crippen molar-refractivity contribution in [3.63, 3.8) is 0 Å². The first-order chi connectivity index (χ1) is 13.1. The number of rotatable bonds is 7. The number of carbonyl (C=O) groups excluding carboxylic acids is 1. The highest BCUT2D eigenvalue weighted by Gasteiger charge is 2.22. The lowest BCUT2D eigenvalue weighted by atomic mass is 9.99. The van der Waals surface area contributed by atoms with Gasteiger partial charge in [0.2, 0.25) is 0 Å². The van der Waals surface area contributed by atoms with Crippen molar-refractivity contribution >= 4 is 21.6 Å². The van der Waals surface area contributed by atoms with E-state index in [2.05, 4.69) is 10.0 Å². The first-order valence-electron chi connectivity index (χ1n) is 9.18. The molecule has 0 aliphatic carbocycles. The van der Waals surface area contributed by atoms with Crippen LogP contribution in [0.5, 0.6) is 5.75 Å². The van der Waals surface area contributed by atoms with Crippen molar-refractivity contribution in [2.75, 3.05) is 11.8 Å². The molecule has 0 radical (unpaired) electrons. The molecule has 1 amide bonds. The summed E-state index contributed by atoms with van der Waals surface area (Å²) in [4.78, 5) is 12.5. The first kappa shape index (κ1) is 21.8. The molecule has 0 saturated carbocycles. The summed E-state index contributed by atoms with van der Waals surface area (Å²) in [7, 11) is -2.45. The second-order valence-electron chi connectivity index (χ2n) is 7.29. The topological polar surface area (TPSA) is 84.5 Å². The van der Waals surface area contributed by atoms with Crippen LogP contribution < -0.4 is 14.8 Å². The zero-order chi connectivity index (χ0) is 21.1. The van der Waals surface area contributed by atoms with E-state index in [-0.39, 0.29) is 28.3 Å². The summed E-state index contributed by atoms with van der Waals surface area (Å²) in [6, 6.07) is 9.85. The third-order valence-electron chi connectivity index (χ3n) is 4.31. The molecule has 0 heterocycles. The van der Waals surface area contributed by atoms with Gasteiger partial charge in [0.25, 0.3) is 15.9 Å². The van der Waals surface area contributed by atoms with Crippen LogP contribution in [-0.4, -0.2) is 27.5 Å². The minimum Gasteiger partial charge on any atom is -0.496 e. The molecular formula is C21H28N2O4S. The van der Waals surface area contributed by atoms with Gasteiger partial charge in [0.1, 0.15) is 5.75 Å². The Kier molecular flexibility index (Phi) is 6.72. The Balaban J connectivity index is 2.49. The van der Waals surface area contributed by atoms with Gasteiger partial charge in [-0.05, 0) is 56.0 Å². The largest absolute Gasteiger partial charge is 0.496 e. The SMILES string of the molecule is COc1ccc(S(=O)(=O)Nc2c(C)cccc2C(C)C)cc1C(=O)NC(C)C. The van der Waals surface area contributed by atoms with Crippen molar-refractivity contribution in [1.29, 1.82) is 0 Å². The number of carbonyl (C=O) groups is 1. The number of ether oxygens (including phenoxy) is 1. The Morgan fingerprint density at radius 2 is 1.75 bits per heavy atom. The fourth-order valence-corrected chi connectivity index (χ4v) is 4.06. The lowest BCUT2D eigenvalue weighted by Crippen LogP contribution is -2.30. The van der Waals surface area contributed by atoms with Crippen molar-refractivity contribution < 1.29 is 17.9 Å². The van der Waals surface area contributed by atoms with Crippen molar-refractivity contribution in [1.82, 2.24) is 5.32 Å². The van der Waals surface area contributed by atoms with Gasteiger partial charge in [-0.1, -0.05) is 32.0 Å². The van der Waals surface area contributed by atoms with E-state index < -0.39 is 10.0 Å². The average Bonchev–Trinajstić information content (AvgIpc) is 2.61. The van der Waals surface area contributed by atoms with Crippen LogP contribution in [0.2, 0.25) is 0 Å². The van der Waals surface area contributed by atoms with Crippen molar-refractivity contribution in [3.8, 4) is 5.75 Å². The summed E-state index contributed by atoms with van der Waals surface area (Å²) >= 11 is 0. The lowest BCUT2D eigenvalue weighted by molar-refractivity contribution is 0.0940. The maximum absolute atomic E-state index is 13.0. The summed E-state index contributed by atoms with van der Waals surface area (Å²) in [5.41, 5.74) is 2.49. The molecule has 6 nitrogen and oxygen atoms in total. The van der Waals surface area contributed by atoms with Gasteiger partial charge < -0.3 is 10.1 Å². The van der Waals surface area contributed by atoms with Crippen LogP contribution in [0.15, 0.2) is 41.3 Å². The molecule has 0 aliphatic heterocycles. The van der Waals surface area contributed by atoms with Crippen LogP contribution in [0, 0.1) is 6.92 Å². The van der Waals surface area contributed by atoms with Crippen LogP contribution in [0.4, 0.5) is 5.69 Å². The number of amides is 1. The maximum atomic E-state index is 13.0. The fourth-order valence-electron chi connectivity index (χ4n) is 2.88. The Morgan fingerprint density at radius 1 is 1.07 bits per heavy atom. The quantitative estimate of drug-likeness (QED) is 0.729. The van der Waals surface area contributed by atoms with Crippen LogP contribution in [0.1, 0.15) is 55.1 Å². The second kappa shape index (κ2) is 8.65. The Hall–Kier alpha value is -2.54. The van der Waals surface area contributed by atoms with Gasteiger partial charge in [-0.25, -0.2) is 8.42 Å². The molecule has 0 saturated heterocycles. The van der Waals surface area contributed by atoms with Crippen LogP contribution in [0.3, 0.4) is 0 Å². The molecule has 2 aromatic carbocycles. The molecule has 7 heteroatoms. The predicted octanol–water partition coefficient (Wildman–Crippen LogP) is 4.07. The molecule has 2 aromatic rings. The third-order valence-corrected chi connectivity index (χ3v) is 5.66. The van der Waals surface area contributed by atoms with E-state index in [1.807, 2.05) is 52.8 Å². The van der Waals surface area contributed by atoms with Crippen molar-refractivity contribution in [2.24, 2.45) is 0 Å². The van der Waals surface area contributed by atoms with E-state index in [9.17, 15) is 13.2 Å². The fraction of sp³-hybridized carbons (Fsp3) is 0.381. The summed E-state index contributed by atoms with van der Waals surface area (Å²) in [6.45, 7) is 9.54. The number of nitrogens with one attached hydrogen (secondary N) is 2. The van der Waals surface area contributed by atoms with Gasteiger partial charge in [0.15, 0.2) is 0 Å². The zero-order valence-corrected chi connectivity index (χ0v) is 18.0. The third kappa shape index (κ3) is 4.84. The Labute approximate surface area is 167 Å². The van der Waals surface area contributed by atoms with Gasteiger partial charge in [-0.15, -0.1) is 0 Å². The summed E-state index contributed by atoms with van der Waals surface area (Å²) in [6.07, 6.45) is 0. The highest BCUT2D eigenvalue weighted by atomic mass is 32.2. The van der Waals surface area contributed by atoms with Gasteiger partial charge in [-0.2, -0.15) is 0 Å². The van der Waals surface area contributed by atoms with Gasteiger partial charge in [0.05, 0.1) is 23.3 Å². The van der Waals surface area contributed by atoms with Gasteiger partial charge in [0, 0.05) is 6.04 Å². The van der Waals surface area contributed by atoms with Gasteiger partial charge in [-0.3, -0.25) is 9.52 Å². The minimum absolute atomic E-state index is 0.000153. The van der Waals surface area contributed by atoms with E-state index in [0.29, 0.717) is 11.4 Å². The molecule has 2 rings (SSSR count). The molecular weight excluding hydrogens is 376 g/mol. The molecule has 0 aromatic heterocycles. The molecule has 0 atom stereocenters. The van der Waals surface area contributed by atoms with Crippen LogP contribution >= 0.6 is 0 Å². The molecule has 0 bridgehead atoms. The highest BCUT2D eigenvalue weighted by Crippen LogP contribution is 2.30. The van der Waals surface area contributed by atoms with Crippen LogP contribution in [-0.2, 0) is 10.0 Å². The normalized spacial score (nSPS) is 11.6. The number of hydrogen-bond donors (Lipinski definition) is 2. The number of para-hydroxylation sites is 1. The molecule has 0 aliphatic rings. The Bertz CT molecular complexity index is 966. The molecule has 0 spiro atoms. The smallest absolute Gasteiger partial charge is 0.261 e. The van der Waals surface area contributed by atoms with Gasteiger partial charge >= 0.3 is 0 Å². The summed E-state index contributed by atoms with van der Waals surface area (Å²) in [5.74, 6) is 0.0828. The van der Waals surface area contributed by atoms with E-state index in [1.165, 1.54) is 25.3 Å².